The maximum atomic E-state index is 10.6. The van der Waals surface area contributed by atoms with E-state index in [2.05, 4.69) is 59.3 Å². The molecule has 0 radical (unpaired) electrons. The molecule has 2 aromatic carbocycles. The van der Waals surface area contributed by atoms with Crippen molar-refractivity contribution >= 4 is 15.9 Å². The van der Waals surface area contributed by atoms with E-state index in [0.29, 0.717) is 12.8 Å². The highest BCUT2D eigenvalue weighted by molar-refractivity contribution is 9.10. The van der Waals surface area contributed by atoms with E-state index in [1.165, 1.54) is 11.1 Å². The largest absolute Gasteiger partial charge is 0.389 e. The highest BCUT2D eigenvalue weighted by Crippen LogP contribution is 2.20. The molecule has 1 atom stereocenters. The smallest absolute Gasteiger partial charge is 0.0700 e. The van der Waals surface area contributed by atoms with E-state index in [1.54, 1.807) is 0 Å². The van der Waals surface area contributed by atoms with E-state index in [1.807, 2.05) is 19.1 Å². The molecular formula is C18H21BrO. The first-order valence-corrected chi connectivity index (χ1v) is 7.82. The summed E-state index contributed by atoms with van der Waals surface area (Å²) in [6, 6.07) is 16.7. The van der Waals surface area contributed by atoms with Crippen molar-refractivity contribution in [2.45, 2.75) is 38.7 Å². The zero-order valence-electron chi connectivity index (χ0n) is 12.1. The molecule has 106 valence electrons. The van der Waals surface area contributed by atoms with Gasteiger partial charge < -0.3 is 5.11 Å². The second-order valence-corrected chi connectivity index (χ2v) is 6.56. The first-order valence-electron chi connectivity index (χ1n) is 7.03. The Labute approximate surface area is 129 Å². The molecular weight excluding hydrogens is 312 g/mol. The summed E-state index contributed by atoms with van der Waals surface area (Å²) in [4.78, 5) is 0. The monoisotopic (exact) mass is 332 g/mol. The first-order chi connectivity index (χ1) is 9.48. The predicted octanol–water partition coefficient (Wildman–Crippen LogP) is 4.55. The van der Waals surface area contributed by atoms with Gasteiger partial charge in [-0.2, -0.15) is 0 Å². The van der Waals surface area contributed by atoms with Crippen molar-refractivity contribution in [3.63, 3.8) is 0 Å². The van der Waals surface area contributed by atoms with Crippen LogP contribution in [0.25, 0.3) is 0 Å². The van der Waals surface area contributed by atoms with E-state index in [-0.39, 0.29) is 0 Å². The Morgan fingerprint density at radius 1 is 0.850 bits per heavy atom. The van der Waals surface area contributed by atoms with Gasteiger partial charge in [0.15, 0.2) is 0 Å². The summed E-state index contributed by atoms with van der Waals surface area (Å²) in [5, 5.41) is 10.6. The second kappa shape index (κ2) is 6.55. The molecule has 0 spiro atoms. The van der Waals surface area contributed by atoms with Crippen LogP contribution in [0.2, 0.25) is 0 Å². The Morgan fingerprint density at radius 2 is 1.25 bits per heavy atom. The Kier molecular flexibility index (Phi) is 5.00. The van der Waals surface area contributed by atoms with Crippen molar-refractivity contribution in [3.8, 4) is 0 Å². The molecule has 0 amide bonds. The van der Waals surface area contributed by atoms with Gasteiger partial charge in [0, 0.05) is 17.3 Å². The quantitative estimate of drug-likeness (QED) is 0.851. The number of hydrogen-bond donors (Lipinski definition) is 1. The Hall–Kier alpha value is -1.12. The van der Waals surface area contributed by atoms with Crippen molar-refractivity contribution < 1.29 is 5.11 Å². The highest BCUT2D eigenvalue weighted by atomic mass is 79.9. The molecule has 2 rings (SSSR count). The summed E-state index contributed by atoms with van der Waals surface area (Å²) in [7, 11) is 0. The van der Waals surface area contributed by atoms with Crippen molar-refractivity contribution in [3.05, 3.63) is 69.7 Å². The zero-order chi connectivity index (χ0) is 14.6. The Balaban J connectivity index is 2.03. The number of rotatable bonds is 5. The van der Waals surface area contributed by atoms with Crippen LogP contribution in [0.1, 0.15) is 30.5 Å². The standard InChI is InChI=1S/C18H21BrO/c1-3-14-4-6-15(7-5-14)12-18(2,20)13-16-8-10-17(19)11-9-16/h4-11,20H,3,12-13H2,1-2H3. The van der Waals surface area contributed by atoms with Gasteiger partial charge in [0.2, 0.25) is 0 Å². The second-order valence-electron chi connectivity index (χ2n) is 5.65. The first kappa shape index (κ1) is 15.3. The van der Waals surface area contributed by atoms with Crippen molar-refractivity contribution in [1.82, 2.24) is 0 Å². The van der Waals surface area contributed by atoms with Crippen LogP contribution in [-0.4, -0.2) is 10.7 Å². The third-order valence-corrected chi connectivity index (χ3v) is 4.04. The maximum Gasteiger partial charge on any atom is 0.0700 e. The minimum absolute atomic E-state index is 0.663. The van der Waals surface area contributed by atoms with Gasteiger partial charge in [0.1, 0.15) is 0 Å². The molecule has 1 N–H and O–H groups in total. The van der Waals surface area contributed by atoms with Gasteiger partial charge in [0.25, 0.3) is 0 Å². The summed E-state index contributed by atoms with van der Waals surface area (Å²) in [5.74, 6) is 0. The van der Waals surface area contributed by atoms with Crippen LogP contribution in [0.5, 0.6) is 0 Å². The number of hydrogen-bond acceptors (Lipinski definition) is 1. The zero-order valence-corrected chi connectivity index (χ0v) is 13.7. The van der Waals surface area contributed by atoms with E-state index >= 15 is 0 Å². The van der Waals surface area contributed by atoms with Crippen molar-refractivity contribution in [2.75, 3.05) is 0 Å². The fourth-order valence-corrected chi connectivity index (χ4v) is 2.70. The van der Waals surface area contributed by atoms with E-state index in [0.717, 1.165) is 16.5 Å². The van der Waals surface area contributed by atoms with Gasteiger partial charge in [-0.05, 0) is 42.2 Å². The van der Waals surface area contributed by atoms with Gasteiger partial charge >= 0.3 is 0 Å². The normalized spacial score (nSPS) is 14.0. The molecule has 0 heterocycles. The lowest BCUT2D eigenvalue weighted by Gasteiger charge is -2.23. The van der Waals surface area contributed by atoms with Crippen LogP contribution in [0.4, 0.5) is 0 Å². The van der Waals surface area contributed by atoms with Gasteiger partial charge in [-0.15, -0.1) is 0 Å². The summed E-state index contributed by atoms with van der Waals surface area (Å²) in [6.07, 6.45) is 2.39. The molecule has 0 aromatic heterocycles. The minimum Gasteiger partial charge on any atom is -0.389 e. The third kappa shape index (κ3) is 4.46. The number of aryl methyl sites for hydroxylation is 1. The number of aliphatic hydroxyl groups is 1. The molecule has 0 fully saturated rings. The van der Waals surface area contributed by atoms with Crippen molar-refractivity contribution in [1.29, 1.82) is 0 Å². The molecule has 1 unspecified atom stereocenters. The molecule has 0 aliphatic heterocycles. The summed E-state index contributed by atoms with van der Waals surface area (Å²) in [5.41, 5.74) is 2.95. The Morgan fingerprint density at radius 3 is 1.70 bits per heavy atom. The van der Waals surface area contributed by atoms with E-state index < -0.39 is 5.60 Å². The number of halogens is 1. The summed E-state index contributed by atoms with van der Waals surface area (Å²) >= 11 is 3.43. The topological polar surface area (TPSA) is 20.2 Å². The third-order valence-electron chi connectivity index (χ3n) is 3.51. The van der Waals surface area contributed by atoms with Crippen LogP contribution >= 0.6 is 15.9 Å². The molecule has 0 bridgehead atoms. The summed E-state index contributed by atoms with van der Waals surface area (Å²) < 4.78 is 1.07. The number of benzene rings is 2. The van der Waals surface area contributed by atoms with Gasteiger partial charge in [-0.1, -0.05) is 59.3 Å². The lowest BCUT2D eigenvalue weighted by molar-refractivity contribution is 0.0608. The summed E-state index contributed by atoms with van der Waals surface area (Å²) in [6.45, 7) is 4.06. The lowest BCUT2D eigenvalue weighted by atomic mass is 9.89. The lowest BCUT2D eigenvalue weighted by Crippen LogP contribution is -2.30. The molecule has 2 aromatic rings. The fraction of sp³-hybridized carbons (Fsp3) is 0.333. The van der Waals surface area contributed by atoms with Crippen molar-refractivity contribution in [2.24, 2.45) is 0 Å². The molecule has 20 heavy (non-hydrogen) atoms. The fourth-order valence-electron chi connectivity index (χ4n) is 2.44. The molecule has 2 heteroatoms. The molecule has 0 saturated carbocycles. The van der Waals surface area contributed by atoms with Crippen LogP contribution in [0.3, 0.4) is 0 Å². The molecule has 1 nitrogen and oxygen atoms in total. The van der Waals surface area contributed by atoms with Crippen LogP contribution in [-0.2, 0) is 19.3 Å². The molecule has 0 aliphatic rings. The van der Waals surface area contributed by atoms with Crippen LogP contribution in [0.15, 0.2) is 53.0 Å². The maximum absolute atomic E-state index is 10.6. The van der Waals surface area contributed by atoms with Gasteiger partial charge in [0.05, 0.1) is 5.60 Å². The van der Waals surface area contributed by atoms with Gasteiger partial charge in [-0.3, -0.25) is 0 Å². The SMILES string of the molecule is CCc1ccc(CC(C)(O)Cc2ccc(Br)cc2)cc1. The average Bonchev–Trinajstić information content (AvgIpc) is 2.41. The minimum atomic E-state index is -0.721. The average molecular weight is 333 g/mol. The van der Waals surface area contributed by atoms with Crippen LogP contribution < -0.4 is 0 Å². The predicted molar refractivity (Wildman–Crippen MR) is 88.0 cm³/mol. The van der Waals surface area contributed by atoms with E-state index in [9.17, 15) is 5.11 Å². The molecule has 0 saturated heterocycles. The Bertz CT molecular complexity index is 541. The van der Waals surface area contributed by atoms with E-state index in [4.69, 9.17) is 0 Å². The highest BCUT2D eigenvalue weighted by Gasteiger charge is 2.21. The van der Waals surface area contributed by atoms with Crippen LogP contribution in [0, 0.1) is 0 Å². The molecule has 0 aliphatic carbocycles. The van der Waals surface area contributed by atoms with Gasteiger partial charge in [-0.25, -0.2) is 0 Å².